The van der Waals surface area contributed by atoms with Gasteiger partial charge in [0.25, 0.3) is 10.0 Å². The number of hydrogen-bond donors (Lipinski definition) is 0. The van der Waals surface area contributed by atoms with Crippen molar-refractivity contribution < 1.29 is 8.42 Å². The van der Waals surface area contributed by atoms with Gasteiger partial charge in [0.1, 0.15) is 4.21 Å². The van der Waals surface area contributed by atoms with Crippen molar-refractivity contribution >= 4 is 37.3 Å². The first-order valence-electron chi connectivity index (χ1n) is 5.76. The summed E-state index contributed by atoms with van der Waals surface area (Å²) >= 11 is 4.72. The van der Waals surface area contributed by atoms with Gasteiger partial charge in [-0.1, -0.05) is 0 Å². The highest BCUT2D eigenvalue weighted by molar-refractivity contribution is 9.11. The van der Waals surface area contributed by atoms with Gasteiger partial charge >= 0.3 is 0 Å². The summed E-state index contributed by atoms with van der Waals surface area (Å²) in [6.45, 7) is 2.65. The summed E-state index contributed by atoms with van der Waals surface area (Å²) in [4.78, 5) is 0. The molecule has 1 aliphatic carbocycles. The average Bonchev–Trinajstić information content (AvgIpc) is 2.95. The maximum absolute atomic E-state index is 12.5. The van der Waals surface area contributed by atoms with E-state index in [0.717, 1.165) is 28.7 Å². The minimum atomic E-state index is -3.25. The van der Waals surface area contributed by atoms with Gasteiger partial charge in [0.15, 0.2) is 0 Å². The van der Waals surface area contributed by atoms with Crippen LogP contribution < -0.4 is 0 Å². The van der Waals surface area contributed by atoms with E-state index in [-0.39, 0.29) is 6.04 Å². The maximum Gasteiger partial charge on any atom is 0.252 e. The van der Waals surface area contributed by atoms with Crippen LogP contribution in [0.4, 0.5) is 0 Å². The zero-order chi connectivity index (χ0) is 12.2. The van der Waals surface area contributed by atoms with Crippen LogP contribution in [0, 0.1) is 12.8 Å². The molecule has 0 aromatic carbocycles. The van der Waals surface area contributed by atoms with E-state index in [9.17, 15) is 8.42 Å². The normalized spacial score (nSPS) is 29.1. The van der Waals surface area contributed by atoms with E-state index in [2.05, 4.69) is 15.9 Å². The molecule has 0 amide bonds. The van der Waals surface area contributed by atoms with Gasteiger partial charge in [-0.15, -0.1) is 11.3 Å². The van der Waals surface area contributed by atoms with E-state index in [4.69, 9.17) is 0 Å². The van der Waals surface area contributed by atoms with Crippen molar-refractivity contribution in [3.8, 4) is 0 Å². The monoisotopic (exact) mass is 335 g/mol. The Balaban J connectivity index is 1.96. The summed E-state index contributed by atoms with van der Waals surface area (Å²) in [6.07, 6.45) is 3.30. The zero-order valence-corrected chi connectivity index (χ0v) is 12.7. The van der Waals surface area contributed by atoms with Crippen LogP contribution in [0.5, 0.6) is 0 Å². The molecule has 6 heteroatoms. The Morgan fingerprint density at radius 1 is 1.47 bits per heavy atom. The van der Waals surface area contributed by atoms with E-state index in [1.807, 2.05) is 6.92 Å². The minimum Gasteiger partial charge on any atom is -0.206 e. The Morgan fingerprint density at radius 3 is 2.71 bits per heavy atom. The topological polar surface area (TPSA) is 37.4 Å². The molecule has 2 heterocycles. The number of halogens is 1. The molecule has 3 nitrogen and oxygen atoms in total. The predicted molar refractivity (Wildman–Crippen MR) is 71.8 cm³/mol. The van der Waals surface area contributed by atoms with Crippen molar-refractivity contribution in [2.24, 2.45) is 5.92 Å². The fourth-order valence-corrected chi connectivity index (χ4v) is 6.95. The number of thiophene rings is 1. The summed E-state index contributed by atoms with van der Waals surface area (Å²) in [5, 5.41) is 0. The van der Waals surface area contributed by atoms with Gasteiger partial charge in [0.2, 0.25) is 0 Å². The van der Waals surface area contributed by atoms with Crippen molar-refractivity contribution in [1.29, 1.82) is 0 Å². The molecule has 2 unspecified atom stereocenters. The second-order valence-corrected chi connectivity index (χ2v) is 9.42. The van der Waals surface area contributed by atoms with Crippen LogP contribution in [0.25, 0.3) is 0 Å². The van der Waals surface area contributed by atoms with Crippen LogP contribution in [0.1, 0.15) is 24.8 Å². The van der Waals surface area contributed by atoms with Crippen LogP contribution in [0.2, 0.25) is 0 Å². The molecular formula is C11H14BrNO2S2. The highest BCUT2D eigenvalue weighted by Gasteiger charge is 2.44. The maximum atomic E-state index is 12.5. The molecule has 1 aromatic heterocycles. The van der Waals surface area contributed by atoms with Crippen LogP contribution >= 0.6 is 27.3 Å². The average molecular weight is 336 g/mol. The summed E-state index contributed by atoms with van der Waals surface area (Å²) in [5.74, 6) is 0.597. The third-order valence-corrected chi connectivity index (χ3v) is 8.26. The third-order valence-electron chi connectivity index (χ3n) is 3.76. The third kappa shape index (κ3) is 1.89. The Bertz CT molecular complexity index is 532. The van der Waals surface area contributed by atoms with Crippen LogP contribution in [-0.4, -0.2) is 25.3 Å². The van der Waals surface area contributed by atoms with Crippen molar-refractivity contribution in [2.45, 2.75) is 36.4 Å². The number of rotatable bonds is 2. The van der Waals surface area contributed by atoms with Gasteiger partial charge in [-0.05, 0) is 59.7 Å². The van der Waals surface area contributed by atoms with E-state index in [1.54, 1.807) is 10.4 Å². The standard InChI is InChI=1S/C11H14BrNO2S2/c1-7-4-10(16-11(7)12)17(14,15)13-6-8-2-3-9(13)5-8/h4,8-9H,2-3,5-6H2,1H3. The lowest BCUT2D eigenvalue weighted by molar-refractivity contribution is 0.334. The van der Waals surface area contributed by atoms with E-state index < -0.39 is 10.0 Å². The lowest BCUT2D eigenvalue weighted by Crippen LogP contribution is -2.37. The van der Waals surface area contributed by atoms with Crippen LogP contribution in [0.15, 0.2) is 14.1 Å². The quantitative estimate of drug-likeness (QED) is 0.833. The minimum absolute atomic E-state index is 0.256. The second kappa shape index (κ2) is 4.05. The lowest BCUT2D eigenvalue weighted by Gasteiger charge is -2.25. The zero-order valence-electron chi connectivity index (χ0n) is 9.52. The molecule has 0 radical (unpaired) electrons. The molecule has 0 spiro atoms. The highest BCUT2D eigenvalue weighted by Crippen LogP contribution is 2.42. The smallest absolute Gasteiger partial charge is 0.206 e. The predicted octanol–water partition coefficient (Wildman–Crippen LogP) is 2.99. The number of piperidine rings is 1. The molecule has 2 atom stereocenters. The molecule has 2 fully saturated rings. The lowest BCUT2D eigenvalue weighted by atomic mass is 10.1. The van der Waals surface area contributed by atoms with Crippen molar-refractivity contribution in [3.63, 3.8) is 0 Å². The van der Waals surface area contributed by atoms with Gasteiger partial charge in [0, 0.05) is 12.6 Å². The van der Waals surface area contributed by atoms with Crippen molar-refractivity contribution in [3.05, 3.63) is 15.4 Å². The molecule has 2 bridgehead atoms. The molecule has 1 saturated heterocycles. The summed E-state index contributed by atoms with van der Waals surface area (Å²) < 4.78 is 28.1. The van der Waals surface area contributed by atoms with E-state index in [1.165, 1.54) is 17.8 Å². The van der Waals surface area contributed by atoms with Gasteiger partial charge in [-0.25, -0.2) is 8.42 Å². The highest BCUT2D eigenvalue weighted by atomic mass is 79.9. The number of nitrogens with zero attached hydrogens (tertiary/aromatic N) is 1. The number of sulfonamides is 1. The number of fused-ring (bicyclic) bond motifs is 2. The van der Waals surface area contributed by atoms with Crippen molar-refractivity contribution in [1.82, 2.24) is 4.31 Å². The molecule has 17 heavy (non-hydrogen) atoms. The molecule has 0 N–H and O–H groups in total. The second-order valence-electron chi connectivity index (χ2n) is 4.93. The summed E-state index contributed by atoms with van der Waals surface area (Å²) in [5.41, 5.74) is 0.998. The Kier molecular flexibility index (Phi) is 2.89. The molecule has 1 aromatic rings. The Labute approximate surface area is 114 Å². The van der Waals surface area contributed by atoms with Gasteiger partial charge in [-0.2, -0.15) is 4.31 Å². The van der Waals surface area contributed by atoms with E-state index in [0.29, 0.717) is 10.1 Å². The van der Waals surface area contributed by atoms with Gasteiger partial charge in [0.05, 0.1) is 3.79 Å². The van der Waals surface area contributed by atoms with Crippen LogP contribution in [0.3, 0.4) is 0 Å². The fraction of sp³-hybridized carbons (Fsp3) is 0.636. The SMILES string of the molecule is Cc1cc(S(=O)(=O)N2CC3CCC2C3)sc1Br. The first-order chi connectivity index (χ1) is 7.98. The Morgan fingerprint density at radius 2 is 2.24 bits per heavy atom. The Hall–Kier alpha value is 0.0900. The molecular weight excluding hydrogens is 322 g/mol. The first-order valence-corrected chi connectivity index (χ1v) is 8.81. The molecule has 94 valence electrons. The van der Waals surface area contributed by atoms with Crippen molar-refractivity contribution in [2.75, 3.05) is 6.54 Å². The molecule has 2 aliphatic rings. The molecule has 1 saturated carbocycles. The fourth-order valence-electron chi connectivity index (χ4n) is 2.85. The van der Waals surface area contributed by atoms with Gasteiger partial charge < -0.3 is 0 Å². The van der Waals surface area contributed by atoms with Crippen LogP contribution in [-0.2, 0) is 10.0 Å². The number of aryl methyl sites for hydroxylation is 1. The molecule has 3 rings (SSSR count). The molecule has 1 aliphatic heterocycles. The number of hydrogen-bond acceptors (Lipinski definition) is 3. The van der Waals surface area contributed by atoms with Gasteiger partial charge in [-0.3, -0.25) is 0 Å². The first kappa shape index (κ1) is 12.1. The van der Waals surface area contributed by atoms with E-state index >= 15 is 0 Å². The summed E-state index contributed by atoms with van der Waals surface area (Å²) in [6, 6.07) is 2.03. The summed E-state index contributed by atoms with van der Waals surface area (Å²) in [7, 11) is -3.25. The largest absolute Gasteiger partial charge is 0.252 e.